The molecule has 1 fully saturated rings. The lowest BCUT2D eigenvalue weighted by Gasteiger charge is -2.23. The van der Waals surface area contributed by atoms with Crippen LogP contribution in [0.4, 0.5) is 0 Å². The fourth-order valence-electron chi connectivity index (χ4n) is 1.03. The molecule has 1 amide bonds. The molecule has 0 aromatic carbocycles. The van der Waals surface area contributed by atoms with Gasteiger partial charge in [-0.3, -0.25) is 9.59 Å². The summed E-state index contributed by atoms with van der Waals surface area (Å²) < 4.78 is 0. The summed E-state index contributed by atoms with van der Waals surface area (Å²) in [5.74, 6) is -0.522. The van der Waals surface area contributed by atoms with E-state index in [9.17, 15) is 9.59 Å². The lowest BCUT2D eigenvalue weighted by molar-refractivity contribution is -0.199. The molecule has 62 valence electrons. The molecule has 4 nitrogen and oxygen atoms in total. The van der Waals surface area contributed by atoms with E-state index < -0.39 is 5.97 Å². The number of carbonyl (C=O) groups is 2. The topological polar surface area (TPSA) is 46.6 Å². The van der Waals surface area contributed by atoms with E-state index in [1.54, 1.807) is 0 Å². The first-order valence-electron chi connectivity index (χ1n) is 3.69. The van der Waals surface area contributed by atoms with Crippen LogP contribution in [0.3, 0.4) is 0 Å². The predicted octanol–water partition coefficient (Wildman–Crippen LogP) is 0.477. The third-order valence-electron chi connectivity index (χ3n) is 1.52. The standard InChI is InChI=1S/C7H11NO3/c1-6(9)11-8-5-3-2-4-7(8)10/h2-5H2,1H3. The third kappa shape index (κ3) is 2.22. The molecule has 0 saturated carbocycles. The van der Waals surface area contributed by atoms with E-state index in [1.807, 2.05) is 0 Å². The van der Waals surface area contributed by atoms with Gasteiger partial charge in [0.1, 0.15) is 0 Å². The second-order valence-electron chi connectivity index (χ2n) is 2.54. The van der Waals surface area contributed by atoms with Crippen LogP contribution < -0.4 is 0 Å². The molecule has 0 spiro atoms. The Balaban J connectivity index is 2.42. The molecule has 4 heteroatoms. The predicted molar refractivity (Wildman–Crippen MR) is 37.3 cm³/mol. The average Bonchev–Trinajstić information content (AvgIpc) is 1.93. The van der Waals surface area contributed by atoms with Crippen molar-refractivity contribution in [2.75, 3.05) is 6.54 Å². The second kappa shape index (κ2) is 3.37. The summed E-state index contributed by atoms with van der Waals surface area (Å²) in [6.07, 6.45) is 2.31. The van der Waals surface area contributed by atoms with E-state index in [1.165, 1.54) is 6.92 Å². The smallest absolute Gasteiger partial charge is 0.329 e. The van der Waals surface area contributed by atoms with Crippen LogP contribution in [0, 0.1) is 0 Å². The summed E-state index contributed by atoms with van der Waals surface area (Å²) in [5.41, 5.74) is 0. The molecule has 0 bridgehead atoms. The number of hydroxylamine groups is 2. The Hall–Kier alpha value is -1.06. The Kier molecular flexibility index (Phi) is 2.46. The van der Waals surface area contributed by atoms with Crippen LogP contribution in [0.5, 0.6) is 0 Å². The van der Waals surface area contributed by atoms with Gasteiger partial charge in [0.25, 0.3) is 5.91 Å². The number of hydrogen-bond acceptors (Lipinski definition) is 3. The van der Waals surface area contributed by atoms with E-state index in [0.717, 1.165) is 17.9 Å². The van der Waals surface area contributed by atoms with Gasteiger partial charge in [-0.25, -0.2) is 0 Å². The van der Waals surface area contributed by atoms with Gasteiger partial charge in [-0.2, -0.15) is 5.06 Å². The molecule has 11 heavy (non-hydrogen) atoms. The highest BCUT2D eigenvalue weighted by atomic mass is 16.7. The van der Waals surface area contributed by atoms with Gasteiger partial charge in [0.2, 0.25) is 0 Å². The summed E-state index contributed by atoms with van der Waals surface area (Å²) in [5, 5.41) is 1.14. The monoisotopic (exact) mass is 157 g/mol. The van der Waals surface area contributed by atoms with Crippen molar-refractivity contribution in [3.05, 3.63) is 0 Å². The molecule has 0 aromatic heterocycles. The molecule has 0 unspecified atom stereocenters. The van der Waals surface area contributed by atoms with Crippen LogP contribution in [0.25, 0.3) is 0 Å². The first-order valence-corrected chi connectivity index (χ1v) is 3.69. The largest absolute Gasteiger partial charge is 0.338 e. The number of carbonyl (C=O) groups excluding carboxylic acids is 2. The van der Waals surface area contributed by atoms with Crippen molar-refractivity contribution in [1.82, 2.24) is 5.06 Å². The van der Waals surface area contributed by atoms with Gasteiger partial charge in [0.15, 0.2) is 0 Å². The van der Waals surface area contributed by atoms with Crippen LogP contribution in [0.15, 0.2) is 0 Å². The Bertz CT molecular complexity index is 179. The maximum absolute atomic E-state index is 11.0. The first kappa shape index (κ1) is 8.04. The van der Waals surface area contributed by atoms with Gasteiger partial charge in [-0.15, -0.1) is 0 Å². The van der Waals surface area contributed by atoms with Crippen LogP contribution in [0.1, 0.15) is 26.2 Å². The maximum Gasteiger partial charge on any atom is 0.329 e. The molecule has 0 aliphatic carbocycles. The minimum Gasteiger partial charge on any atom is -0.338 e. The van der Waals surface area contributed by atoms with Gasteiger partial charge in [0.05, 0.1) is 6.54 Å². The van der Waals surface area contributed by atoms with Gasteiger partial charge in [-0.05, 0) is 12.8 Å². The van der Waals surface area contributed by atoms with Crippen LogP contribution >= 0.6 is 0 Å². The Morgan fingerprint density at radius 1 is 1.55 bits per heavy atom. The molecule has 0 N–H and O–H groups in total. The minimum atomic E-state index is -0.430. The van der Waals surface area contributed by atoms with Crippen molar-refractivity contribution in [3.8, 4) is 0 Å². The van der Waals surface area contributed by atoms with Crippen molar-refractivity contribution < 1.29 is 14.4 Å². The lowest BCUT2D eigenvalue weighted by Crippen LogP contribution is -2.36. The maximum atomic E-state index is 11.0. The minimum absolute atomic E-state index is 0.0912. The Morgan fingerprint density at radius 2 is 2.27 bits per heavy atom. The normalized spacial score (nSPS) is 18.3. The van der Waals surface area contributed by atoms with E-state index in [4.69, 9.17) is 0 Å². The van der Waals surface area contributed by atoms with Gasteiger partial charge in [-0.1, -0.05) is 0 Å². The molecule has 0 radical (unpaired) electrons. The molecule has 1 aliphatic rings. The first-order chi connectivity index (χ1) is 5.20. The summed E-state index contributed by atoms with van der Waals surface area (Å²) in [4.78, 5) is 26.1. The van der Waals surface area contributed by atoms with Gasteiger partial charge >= 0.3 is 5.97 Å². The molecule has 1 heterocycles. The highest BCUT2D eigenvalue weighted by Crippen LogP contribution is 2.10. The number of amides is 1. The molecular formula is C7H11NO3. The van der Waals surface area contributed by atoms with Crippen LogP contribution in [0.2, 0.25) is 0 Å². The van der Waals surface area contributed by atoms with Crippen molar-refractivity contribution in [2.24, 2.45) is 0 Å². The van der Waals surface area contributed by atoms with Gasteiger partial charge < -0.3 is 4.84 Å². The molecule has 0 aromatic rings. The zero-order valence-corrected chi connectivity index (χ0v) is 6.50. The van der Waals surface area contributed by atoms with Gasteiger partial charge in [0, 0.05) is 13.3 Å². The number of piperidine rings is 1. The van der Waals surface area contributed by atoms with Crippen molar-refractivity contribution in [2.45, 2.75) is 26.2 Å². The molecule has 0 atom stereocenters. The van der Waals surface area contributed by atoms with Crippen LogP contribution in [-0.4, -0.2) is 23.5 Å². The molecule has 1 aliphatic heterocycles. The summed E-state index contributed by atoms with van der Waals surface area (Å²) in [6.45, 7) is 1.83. The van der Waals surface area contributed by atoms with Crippen molar-refractivity contribution in [3.63, 3.8) is 0 Å². The summed E-state index contributed by atoms with van der Waals surface area (Å²) in [6, 6.07) is 0. The van der Waals surface area contributed by atoms with Crippen molar-refractivity contribution in [1.29, 1.82) is 0 Å². The molecular weight excluding hydrogens is 146 g/mol. The highest BCUT2D eigenvalue weighted by molar-refractivity contribution is 5.77. The summed E-state index contributed by atoms with van der Waals surface area (Å²) >= 11 is 0. The third-order valence-corrected chi connectivity index (χ3v) is 1.52. The zero-order valence-electron chi connectivity index (χ0n) is 6.50. The average molecular weight is 157 g/mol. The Morgan fingerprint density at radius 3 is 2.82 bits per heavy atom. The SMILES string of the molecule is CC(=O)ON1CCCCC1=O. The number of nitrogens with zero attached hydrogens (tertiary/aromatic N) is 1. The lowest BCUT2D eigenvalue weighted by atomic mass is 10.2. The fraction of sp³-hybridized carbons (Fsp3) is 0.714. The van der Waals surface area contributed by atoms with E-state index in [2.05, 4.69) is 4.84 Å². The van der Waals surface area contributed by atoms with E-state index >= 15 is 0 Å². The fourth-order valence-corrected chi connectivity index (χ4v) is 1.03. The Labute approximate surface area is 65.1 Å². The quantitative estimate of drug-likeness (QED) is 0.556. The number of hydrogen-bond donors (Lipinski definition) is 0. The second-order valence-corrected chi connectivity index (χ2v) is 2.54. The highest BCUT2D eigenvalue weighted by Gasteiger charge is 2.20. The van der Waals surface area contributed by atoms with Crippen LogP contribution in [-0.2, 0) is 14.4 Å². The zero-order chi connectivity index (χ0) is 8.27. The molecule has 1 rings (SSSR count). The van der Waals surface area contributed by atoms with E-state index in [0.29, 0.717) is 13.0 Å². The number of rotatable bonds is 1. The van der Waals surface area contributed by atoms with Crippen molar-refractivity contribution >= 4 is 11.9 Å². The summed E-state index contributed by atoms with van der Waals surface area (Å²) in [7, 11) is 0. The molecule has 1 saturated heterocycles. The van der Waals surface area contributed by atoms with E-state index in [-0.39, 0.29) is 5.91 Å².